The highest BCUT2D eigenvalue weighted by Gasteiger charge is 2.18. The molecule has 0 saturated carbocycles. The van der Waals surface area contributed by atoms with E-state index in [9.17, 15) is 9.59 Å². The lowest BCUT2D eigenvalue weighted by Crippen LogP contribution is -2.36. The molecule has 0 saturated heterocycles. The van der Waals surface area contributed by atoms with Crippen molar-refractivity contribution in [3.8, 4) is 0 Å². The number of halogens is 1. The highest BCUT2D eigenvalue weighted by molar-refractivity contribution is 6.30. The number of carbonyl (C=O) groups excluding carboxylic acids is 2. The van der Waals surface area contributed by atoms with Gasteiger partial charge in [-0.1, -0.05) is 11.6 Å². The lowest BCUT2D eigenvalue weighted by Gasteiger charge is -2.21. The molecule has 0 aliphatic heterocycles. The molecule has 1 aromatic rings. The number of rotatable bonds is 7. The number of methoxy groups -OCH3 is 2. The summed E-state index contributed by atoms with van der Waals surface area (Å²) in [6, 6.07) is 3.14. The molecule has 0 aliphatic carbocycles. The Bertz CT molecular complexity index is 450. The Morgan fingerprint density at radius 2 is 2.05 bits per heavy atom. The fourth-order valence-corrected chi connectivity index (χ4v) is 1.62. The Kier molecular flexibility index (Phi) is 6.97. The molecular weight excluding hydrogens is 284 g/mol. The van der Waals surface area contributed by atoms with Crippen molar-refractivity contribution in [2.24, 2.45) is 0 Å². The van der Waals surface area contributed by atoms with Gasteiger partial charge >= 0.3 is 5.97 Å². The topological polar surface area (TPSA) is 68.7 Å². The maximum absolute atomic E-state index is 12.3. The van der Waals surface area contributed by atoms with Crippen LogP contribution in [0.15, 0.2) is 18.3 Å². The Hall–Kier alpha value is -1.66. The number of hydrogen-bond acceptors (Lipinski definition) is 5. The van der Waals surface area contributed by atoms with Crippen LogP contribution in [0.5, 0.6) is 0 Å². The fraction of sp³-hybridized carbons (Fsp3) is 0.462. The van der Waals surface area contributed by atoms with Crippen molar-refractivity contribution in [1.29, 1.82) is 0 Å². The third-order valence-corrected chi connectivity index (χ3v) is 2.84. The zero-order chi connectivity index (χ0) is 15.0. The van der Waals surface area contributed by atoms with Crippen LogP contribution in [0.4, 0.5) is 0 Å². The smallest absolute Gasteiger partial charge is 0.307 e. The number of esters is 1. The minimum absolute atomic E-state index is 0.125. The number of carbonyl (C=O) groups is 2. The summed E-state index contributed by atoms with van der Waals surface area (Å²) in [6.07, 6.45) is 1.53. The molecule has 0 fully saturated rings. The predicted octanol–water partition coefficient (Wildman–Crippen LogP) is 1.39. The van der Waals surface area contributed by atoms with Gasteiger partial charge in [0, 0.05) is 26.4 Å². The second-order valence-corrected chi connectivity index (χ2v) is 4.41. The number of nitrogens with zero attached hydrogens (tertiary/aromatic N) is 2. The van der Waals surface area contributed by atoms with Crippen LogP contribution in [-0.2, 0) is 14.3 Å². The molecular formula is C13H17ClN2O4. The Morgan fingerprint density at radius 3 is 2.60 bits per heavy atom. The molecule has 1 rings (SSSR count). The highest BCUT2D eigenvalue weighted by Crippen LogP contribution is 2.09. The third kappa shape index (κ3) is 5.14. The van der Waals surface area contributed by atoms with Gasteiger partial charge < -0.3 is 14.4 Å². The van der Waals surface area contributed by atoms with Crippen molar-refractivity contribution < 1.29 is 19.1 Å². The van der Waals surface area contributed by atoms with Crippen LogP contribution in [0.2, 0.25) is 5.02 Å². The molecule has 0 radical (unpaired) electrons. The summed E-state index contributed by atoms with van der Waals surface area (Å²) < 4.78 is 9.52. The van der Waals surface area contributed by atoms with Crippen molar-refractivity contribution in [2.45, 2.75) is 6.42 Å². The third-order valence-electron chi connectivity index (χ3n) is 2.61. The van der Waals surface area contributed by atoms with Gasteiger partial charge in [-0.3, -0.25) is 9.59 Å². The van der Waals surface area contributed by atoms with Crippen molar-refractivity contribution in [1.82, 2.24) is 9.88 Å². The average Bonchev–Trinajstić information content (AvgIpc) is 2.47. The standard InChI is InChI=1S/C13H17ClN2O4/c1-19-8-7-16(6-5-12(17)20-2)13(18)11-4-3-10(14)9-15-11/h3-4,9H,5-8H2,1-2H3. The molecule has 20 heavy (non-hydrogen) atoms. The number of amides is 1. The summed E-state index contributed by atoms with van der Waals surface area (Å²) in [7, 11) is 2.86. The summed E-state index contributed by atoms with van der Waals surface area (Å²) in [5.74, 6) is -0.646. The first kappa shape index (κ1) is 16.4. The molecule has 110 valence electrons. The van der Waals surface area contributed by atoms with Gasteiger partial charge in [-0.25, -0.2) is 4.98 Å². The maximum atomic E-state index is 12.3. The first-order chi connectivity index (χ1) is 9.58. The van der Waals surface area contributed by atoms with E-state index in [1.165, 1.54) is 18.2 Å². The lowest BCUT2D eigenvalue weighted by atomic mass is 10.3. The van der Waals surface area contributed by atoms with Gasteiger partial charge in [-0.05, 0) is 12.1 Å². The molecule has 1 heterocycles. The van der Waals surface area contributed by atoms with E-state index in [4.69, 9.17) is 16.3 Å². The summed E-state index contributed by atoms with van der Waals surface area (Å²) >= 11 is 5.73. The molecule has 0 N–H and O–H groups in total. The van der Waals surface area contributed by atoms with E-state index in [1.54, 1.807) is 19.2 Å². The molecule has 0 bridgehead atoms. The van der Waals surface area contributed by atoms with Gasteiger partial charge in [0.2, 0.25) is 0 Å². The molecule has 0 unspecified atom stereocenters. The molecule has 0 aliphatic rings. The van der Waals surface area contributed by atoms with Crippen molar-refractivity contribution in [3.05, 3.63) is 29.0 Å². The number of hydrogen-bond donors (Lipinski definition) is 0. The van der Waals surface area contributed by atoms with Crippen LogP contribution in [0.1, 0.15) is 16.9 Å². The Morgan fingerprint density at radius 1 is 1.30 bits per heavy atom. The van der Waals surface area contributed by atoms with Gasteiger partial charge in [-0.15, -0.1) is 0 Å². The molecule has 0 aromatic carbocycles. The molecule has 1 amide bonds. The summed E-state index contributed by atoms with van der Waals surface area (Å²) in [4.78, 5) is 28.9. The normalized spacial score (nSPS) is 10.2. The molecule has 7 heteroatoms. The van der Waals surface area contributed by atoms with E-state index in [-0.39, 0.29) is 30.5 Å². The molecule has 0 atom stereocenters. The Labute approximate surface area is 122 Å². The summed E-state index contributed by atoms with van der Waals surface area (Å²) in [5.41, 5.74) is 0.273. The monoisotopic (exact) mass is 300 g/mol. The van der Waals surface area contributed by atoms with E-state index in [0.29, 0.717) is 18.2 Å². The quantitative estimate of drug-likeness (QED) is 0.712. The maximum Gasteiger partial charge on any atom is 0.307 e. The molecule has 1 aromatic heterocycles. The largest absolute Gasteiger partial charge is 0.469 e. The van der Waals surface area contributed by atoms with Gasteiger partial charge in [0.25, 0.3) is 5.91 Å². The van der Waals surface area contributed by atoms with Gasteiger partial charge in [0.15, 0.2) is 0 Å². The van der Waals surface area contributed by atoms with Crippen molar-refractivity contribution in [2.75, 3.05) is 33.9 Å². The first-order valence-corrected chi connectivity index (χ1v) is 6.43. The summed E-state index contributed by atoms with van der Waals surface area (Å²) in [6.45, 7) is 0.996. The van der Waals surface area contributed by atoms with Crippen LogP contribution in [0.25, 0.3) is 0 Å². The molecule has 6 nitrogen and oxygen atoms in total. The highest BCUT2D eigenvalue weighted by atomic mass is 35.5. The number of aromatic nitrogens is 1. The van der Waals surface area contributed by atoms with E-state index < -0.39 is 0 Å². The zero-order valence-corrected chi connectivity index (χ0v) is 12.2. The minimum Gasteiger partial charge on any atom is -0.469 e. The SMILES string of the molecule is COCCN(CCC(=O)OC)C(=O)c1ccc(Cl)cn1. The number of pyridine rings is 1. The zero-order valence-electron chi connectivity index (χ0n) is 11.5. The van der Waals surface area contributed by atoms with E-state index >= 15 is 0 Å². The second-order valence-electron chi connectivity index (χ2n) is 3.97. The van der Waals surface area contributed by atoms with E-state index in [2.05, 4.69) is 9.72 Å². The first-order valence-electron chi connectivity index (χ1n) is 6.05. The van der Waals surface area contributed by atoms with Crippen LogP contribution in [-0.4, -0.2) is 55.7 Å². The van der Waals surface area contributed by atoms with Crippen molar-refractivity contribution >= 4 is 23.5 Å². The van der Waals surface area contributed by atoms with Gasteiger partial charge in [-0.2, -0.15) is 0 Å². The van der Waals surface area contributed by atoms with E-state index in [1.807, 2.05) is 0 Å². The van der Waals surface area contributed by atoms with Gasteiger partial charge in [0.1, 0.15) is 5.69 Å². The van der Waals surface area contributed by atoms with Gasteiger partial charge in [0.05, 0.1) is 25.2 Å². The Balaban J connectivity index is 2.72. The van der Waals surface area contributed by atoms with Crippen LogP contribution in [0.3, 0.4) is 0 Å². The minimum atomic E-state index is -0.371. The second kappa shape index (κ2) is 8.50. The molecule has 0 spiro atoms. The van der Waals surface area contributed by atoms with Crippen LogP contribution < -0.4 is 0 Å². The number of ether oxygens (including phenoxy) is 2. The summed E-state index contributed by atoms with van der Waals surface area (Å²) in [5, 5.41) is 0.458. The van der Waals surface area contributed by atoms with E-state index in [0.717, 1.165) is 0 Å². The van der Waals surface area contributed by atoms with Crippen LogP contribution in [0, 0.1) is 0 Å². The lowest BCUT2D eigenvalue weighted by molar-refractivity contribution is -0.140. The average molecular weight is 301 g/mol. The predicted molar refractivity (Wildman–Crippen MR) is 73.7 cm³/mol. The fourth-order valence-electron chi connectivity index (χ4n) is 1.51. The van der Waals surface area contributed by atoms with Crippen molar-refractivity contribution in [3.63, 3.8) is 0 Å². The van der Waals surface area contributed by atoms with Crippen LogP contribution >= 0.6 is 11.6 Å².